The molecule has 17 heavy (non-hydrogen) atoms. The van der Waals surface area contributed by atoms with Crippen molar-refractivity contribution in [1.29, 1.82) is 0 Å². The number of hydrogen-bond donors (Lipinski definition) is 2. The number of rotatable bonds is 2. The van der Waals surface area contributed by atoms with Crippen molar-refractivity contribution < 1.29 is 0 Å². The molecule has 1 aliphatic rings. The van der Waals surface area contributed by atoms with Crippen LogP contribution in [0, 0.1) is 4.77 Å². The molecule has 1 aliphatic heterocycles. The zero-order valence-corrected chi connectivity index (χ0v) is 11.0. The molecule has 0 saturated heterocycles. The van der Waals surface area contributed by atoms with Crippen LogP contribution in [-0.4, -0.2) is 15.7 Å². The fourth-order valence-corrected chi connectivity index (χ4v) is 3.76. The quantitative estimate of drug-likeness (QED) is 0.804. The second-order valence-corrected chi connectivity index (χ2v) is 5.89. The highest BCUT2D eigenvalue weighted by Gasteiger charge is 2.20. The Kier molecular flexibility index (Phi) is 3.07. The zero-order valence-electron chi connectivity index (χ0n) is 9.40. The van der Waals surface area contributed by atoms with Gasteiger partial charge in [-0.15, -0.1) is 11.8 Å². The van der Waals surface area contributed by atoms with Crippen LogP contribution in [0.25, 0.3) is 0 Å². The van der Waals surface area contributed by atoms with E-state index in [4.69, 9.17) is 12.2 Å². The molecule has 0 radical (unpaired) electrons. The lowest BCUT2D eigenvalue weighted by molar-refractivity contribution is 0.636. The van der Waals surface area contributed by atoms with Gasteiger partial charge in [-0.05, 0) is 48.4 Å². The number of H-pyrrole nitrogens is 2. The van der Waals surface area contributed by atoms with Gasteiger partial charge in [0.25, 0.3) is 0 Å². The second kappa shape index (κ2) is 4.70. The van der Waals surface area contributed by atoms with Gasteiger partial charge < -0.3 is 9.97 Å². The van der Waals surface area contributed by atoms with Crippen LogP contribution in [0.3, 0.4) is 0 Å². The molecule has 2 heterocycles. The van der Waals surface area contributed by atoms with Gasteiger partial charge in [-0.3, -0.25) is 0 Å². The molecule has 0 bridgehead atoms. The minimum Gasteiger partial charge on any atom is -0.337 e. The monoisotopic (exact) mass is 262 g/mol. The number of hydrogen-bond acceptors (Lipinski definition) is 2. The Balaban J connectivity index is 1.88. The molecule has 0 saturated carbocycles. The average molecular weight is 262 g/mol. The third kappa shape index (κ3) is 2.33. The fraction of sp³-hybridized carbons (Fsp3) is 0.308. The molecule has 1 aromatic heterocycles. The van der Waals surface area contributed by atoms with Crippen molar-refractivity contribution in [3.63, 3.8) is 0 Å². The van der Waals surface area contributed by atoms with Crippen LogP contribution < -0.4 is 0 Å². The maximum absolute atomic E-state index is 5.06. The Hall–Kier alpha value is -1.00. The summed E-state index contributed by atoms with van der Waals surface area (Å²) in [5.41, 5.74) is 2.70. The number of aromatic nitrogens is 2. The summed E-state index contributed by atoms with van der Waals surface area (Å²) < 4.78 is 0.721. The van der Waals surface area contributed by atoms with Crippen molar-refractivity contribution in [3.05, 3.63) is 46.5 Å². The molecule has 2 aromatic rings. The molecule has 1 unspecified atom stereocenters. The molecule has 88 valence electrons. The van der Waals surface area contributed by atoms with Gasteiger partial charge in [-0.2, -0.15) is 0 Å². The van der Waals surface area contributed by atoms with Gasteiger partial charge >= 0.3 is 0 Å². The number of aromatic amines is 2. The summed E-state index contributed by atoms with van der Waals surface area (Å²) in [5.74, 6) is 1.83. The highest BCUT2D eigenvalue weighted by atomic mass is 32.2. The van der Waals surface area contributed by atoms with Crippen LogP contribution in [0.4, 0.5) is 0 Å². The SMILES string of the molecule is S=c1[nH]cc(CC2CCSc3ccccc32)[nH]1. The summed E-state index contributed by atoms with van der Waals surface area (Å²) in [5, 5.41) is 0. The highest BCUT2D eigenvalue weighted by molar-refractivity contribution is 7.99. The first kappa shape index (κ1) is 11.1. The van der Waals surface area contributed by atoms with E-state index in [1.165, 1.54) is 28.3 Å². The van der Waals surface area contributed by atoms with E-state index in [1.54, 1.807) is 0 Å². The van der Waals surface area contributed by atoms with E-state index >= 15 is 0 Å². The van der Waals surface area contributed by atoms with Gasteiger partial charge in [-0.25, -0.2) is 0 Å². The first-order valence-corrected chi connectivity index (χ1v) is 7.20. The van der Waals surface area contributed by atoms with Crippen LogP contribution in [-0.2, 0) is 6.42 Å². The Morgan fingerprint density at radius 1 is 1.35 bits per heavy atom. The maximum atomic E-state index is 5.06. The average Bonchev–Trinajstić information content (AvgIpc) is 2.75. The largest absolute Gasteiger partial charge is 0.337 e. The van der Waals surface area contributed by atoms with Gasteiger partial charge in [-0.1, -0.05) is 18.2 Å². The molecule has 3 rings (SSSR count). The Morgan fingerprint density at radius 2 is 2.24 bits per heavy atom. The van der Waals surface area contributed by atoms with Crippen molar-refractivity contribution >= 4 is 24.0 Å². The van der Waals surface area contributed by atoms with Crippen LogP contribution in [0.5, 0.6) is 0 Å². The second-order valence-electron chi connectivity index (χ2n) is 4.34. The van der Waals surface area contributed by atoms with E-state index in [-0.39, 0.29) is 0 Å². The Morgan fingerprint density at radius 3 is 3.06 bits per heavy atom. The summed E-state index contributed by atoms with van der Waals surface area (Å²) in [6, 6.07) is 8.74. The van der Waals surface area contributed by atoms with Gasteiger partial charge in [0, 0.05) is 16.8 Å². The third-order valence-electron chi connectivity index (χ3n) is 3.20. The topological polar surface area (TPSA) is 31.6 Å². The van der Waals surface area contributed by atoms with Crippen LogP contribution >= 0.6 is 24.0 Å². The first-order valence-electron chi connectivity index (χ1n) is 5.81. The van der Waals surface area contributed by atoms with E-state index in [1.807, 2.05) is 18.0 Å². The normalized spacial score (nSPS) is 18.9. The number of benzene rings is 1. The Labute approximate surface area is 110 Å². The highest BCUT2D eigenvalue weighted by Crippen LogP contribution is 2.38. The van der Waals surface area contributed by atoms with E-state index in [0.717, 1.165) is 11.2 Å². The molecular weight excluding hydrogens is 248 g/mol. The smallest absolute Gasteiger partial charge is 0.174 e. The third-order valence-corrected chi connectivity index (χ3v) is 4.54. The lowest BCUT2D eigenvalue weighted by atomic mass is 9.91. The predicted molar refractivity (Wildman–Crippen MR) is 74.2 cm³/mol. The molecular formula is C13H14N2S2. The van der Waals surface area contributed by atoms with Crippen LogP contribution in [0.2, 0.25) is 0 Å². The minimum atomic E-state index is 0.619. The summed E-state index contributed by atoms with van der Waals surface area (Å²) in [4.78, 5) is 7.69. The van der Waals surface area contributed by atoms with Gasteiger partial charge in [0.2, 0.25) is 0 Å². The van der Waals surface area contributed by atoms with Crippen LogP contribution in [0.1, 0.15) is 23.6 Å². The minimum absolute atomic E-state index is 0.619. The Bertz CT molecular complexity index is 571. The number of imidazole rings is 1. The molecule has 1 atom stereocenters. The van der Waals surface area contributed by atoms with E-state index in [2.05, 4.69) is 34.2 Å². The van der Waals surface area contributed by atoms with Gasteiger partial charge in [0.05, 0.1) is 0 Å². The molecule has 4 heteroatoms. The van der Waals surface area contributed by atoms with Crippen molar-refractivity contribution in [3.8, 4) is 0 Å². The van der Waals surface area contributed by atoms with E-state index < -0.39 is 0 Å². The van der Waals surface area contributed by atoms with Crippen molar-refractivity contribution in [1.82, 2.24) is 9.97 Å². The summed E-state index contributed by atoms with van der Waals surface area (Å²) >= 11 is 7.03. The molecule has 0 fully saturated rings. The zero-order chi connectivity index (χ0) is 11.7. The molecule has 2 N–H and O–H groups in total. The fourth-order valence-electron chi connectivity index (χ4n) is 2.37. The molecule has 0 aliphatic carbocycles. The van der Waals surface area contributed by atoms with E-state index in [0.29, 0.717) is 5.92 Å². The summed E-state index contributed by atoms with van der Waals surface area (Å²) in [6.45, 7) is 0. The van der Waals surface area contributed by atoms with Crippen LogP contribution in [0.15, 0.2) is 35.4 Å². The number of fused-ring (bicyclic) bond motifs is 1. The lowest BCUT2D eigenvalue weighted by Crippen LogP contribution is -2.10. The summed E-state index contributed by atoms with van der Waals surface area (Å²) in [7, 11) is 0. The van der Waals surface area contributed by atoms with Crippen molar-refractivity contribution in [2.75, 3.05) is 5.75 Å². The molecule has 0 spiro atoms. The van der Waals surface area contributed by atoms with E-state index in [9.17, 15) is 0 Å². The maximum Gasteiger partial charge on any atom is 0.174 e. The predicted octanol–water partition coefficient (Wildman–Crippen LogP) is 3.89. The van der Waals surface area contributed by atoms with Crippen molar-refractivity contribution in [2.45, 2.75) is 23.7 Å². The number of thioether (sulfide) groups is 1. The molecule has 1 aromatic carbocycles. The van der Waals surface area contributed by atoms with Gasteiger partial charge in [0.1, 0.15) is 0 Å². The molecule has 2 nitrogen and oxygen atoms in total. The lowest BCUT2D eigenvalue weighted by Gasteiger charge is -2.24. The molecule has 0 amide bonds. The standard InChI is InChI=1S/C13H14N2S2/c16-13-14-8-10(15-13)7-9-5-6-17-12-4-2-1-3-11(9)12/h1-4,8-9H,5-7H2,(H2,14,15,16). The van der Waals surface area contributed by atoms with Crippen molar-refractivity contribution in [2.24, 2.45) is 0 Å². The van der Waals surface area contributed by atoms with Gasteiger partial charge in [0.15, 0.2) is 4.77 Å². The number of nitrogens with one attached hydrogen (secondary N) is 2. The first-order chi connectivity index (χ1) is 8.33. The summed E-state index contributed by atoms with van der Waals surface area (Å²) in [6.07, 6.45) is 4.28.